The molecular formula is C17H22N2O2. The highest BCUT2D eigenvalue weighted by atomic mass is 16.5. The molecule has 0 spiro atoms. The molecule has 2 aliphatic carbocycles. The summed E-state index contributed by atoms with van der Waals surface area (Å²) in [5.74, 6) is 0.844. The molecule has 2 saturated carbocycles. The molecule has 2 fully saturated rings. The molecule has 0 aliphatic heterocycles. The monoisotopic (exact) mass is 286 g/mol. The Hall–Kier alpha value is -1.57. The summed E-state index contributed by atoms with van der Waals surface area (Å²) < 4.78 is 6.12. The van der Waals surface area contributed by atoms with E-state index in [4.69, 9.17) is 9.84 Å². The van der Waals surface area contributed by atoms with Gasteiger partial charge in [0.2, 0.25) is 0 Å². The van der Waals surface area contributed by atoms with E-state index in [1.807, 2.05) is 24.3 Å². The quantitative estimate of drug-likeness (QED) is 0.841. The van der Waals surface area contributed by atoms with Gasteiger partial charge in [0.05, 0.1) is 6.07 Å². The average molecular weight is 286 g/mol. The van der Waals surface area contributed by atoms with Gasteiger partial charge < -0.3 is 9.84 Å². The fourth-order valence-corrected chi connectivity index (χ4v) is 3.11. The van der Waals surface area contributed by atoms with E-state index in [-0.39, 0.29) is 12.7 Å². The Bertz CT molecular complexity index is 536. The van der Waals surface area contributed by atoms with Gasteiger partial charge in [0.1, 0.15) is 17.4 Å². The van der Waals surface area contributed by atoms with Gasteiger partial charge in [0.15, 0.2) is 0 Å². The Kier molecular flexibility index (Phi) is 4.14. The lowest BCUT2D eigenvalue weighted by Crippen LogP contribution is -2.43. The van der Waals surface area contributed by atoms with Crippen LogP contribution in [-0.2, 0) is 6.42 Å². The zero-order valence-corrected chi connectivity index (χ0v) is 12.2. The lowest BCUT2D eigenvalue weighted by molar-refractivity contribution is 0.197. The van der Waals surface area contributed by atoms with Crippen LogP contribution in [0.15, 0.2) is 24.3 Å². The Morgan fingerprint density at radius 3 is 2.86 bits per heavy atom. The lowest BCUT2D eigenvalue weighted by Gasteiger charge is -2.23. The highest BCUT2D eigenvalue weighted by Gasteiger charge is 2.43. The van der Waals surface area contributed by atoms with Crippen LogP contribution in [0.1, 0.15) is 37.7 Å². The van der Waals surface area contributed by atoms with Gasteiger partial charge in [-0.25, -0.2) is 0 Å². The minimum Gasteiger partial charge on any atom is -0.490 e. The van der Waals surface area contributed by atoms with E-state index >= 15 is 0 Å². The van der Waals surface area contributed by atoms with Gasteiger partial charge >= 0.3 is 0 Å². The SMILES string of the molecule is N#CC1(NC2CC2)CCC(Oc2ccccc2CCO)C1. The second-order valence-electron chi connectivity index (χ2n) is 6.18. The summed E-state index contributed by atoms with van der Waals surface area (Å²) in [5.41, 5.74) is 0.627. The maximum atomic E-state index is 9.51. The van der Waals surface area contributed by atoms with Crippen molar-refractivity contribution in [2.45, 2.75) is 56.2 Å². The molecule has 0 saturated heterocycles. The number of hydrogen-bond acceptors (Lipinski definition) is 4. The van der Waals surface area contributed by atoms with Gasteiger partial charge in [-0.15, -0.1) is 0 Å². The molecule has 0 bridgehead atoms. The van der Waals surface area contributed by atoms with Crippen LogP contribution in [0.3, 0.4) is 0 Å². The Labute approximate surface area is 125 Å². The Morgan fingerprint density at radius 1 is 1.33 bits per heavy atom. The molecule has 2 N–H and O–H groups in total. The molecule has 112 valence electrons. The van der Waals surface area contributed by atoms with E-state index in [1.165, 1.54) is 12.8 Å². The molecule has 2 atom stereocenters. The van der Waals surface area contributed by atoms with Crippen molar-refractivity contribution < 1.29 is 9.84 Å². The summed E-state index contributed by atoms with van der Waals surface area (Å²) in [5, 5.41) is 22.1. The van der Waals surface area contributed by atoms with E-state index < -0.39 is 5.54 Å². The third kappa shape index (κ3) is 3.37. The number of ether oxygens (including phenoxy) is 1. The molecule has 0 aromatic heterocycles. The highest BCUT2D eigenvalue weighted by Crippen LogP contribution is 2.36. The molecule has 1 aromatic rings. The van der Waals surface area contributed by atoms with Crippen LogP contribution >= 0.6 is 0 Å². The fraction of sp³-hybridized carbons (Fsp3) is 0.588. The fourth-order valence-electron chi connectivity index (χ4n) is 3.11. The molecule has 2 aliphatic rings. The molecule has 3 rings (SSSR count). The summed E-state index contributed by atoms with van der Waals surface area (Å²) >= 11 is 0. The Morgan fingerprint density at radius 2 is 2.14 bits per heavy atom. The minimum atomic E-state index is -0.405. The number of benzene rings is 1. The largest absolute Gasteiger partial charge is 0.490 e. The van der Waals surface area contributed by atoms with Crippen molar-refractivity contribution in [1.29, 1.82) is 5.26 Å². The maximum Gasteiger partial charge on any atom is 0.122 e. The van der Waals surface area contributed by atoms with E-state index in [0.717, 1.165) is 30.6 Å². The number of aliphatic hydroxyl groups is 1. The van der Waals surface area contributed by atoms with Crippen molar-refractivity contribution in [2.75, 3.05) is 6.61 Å². The molecular weight excluding hydrogens is 264 g/mol. The molecule has 0 amide bonds. The van der Waals surface area contributed by atoms with E-state index in [2.05, 4.69) is 11.4 Å². The van der Waals surface area contributed by atoms with Crippen molar-refractivity contribution in [2.24, 2.45) is 0 Å². The molecule has 1 aromatic carbocycles. The first-order valence-electron chi connectivity index (χ1n) is 7.79. The lowest BCUT2D eigenvalue weighted by atomic mass is 9.99. The average Bonchev–Trinajstić information content (AvgIpc) is 3.21. The molecule has 21 heavy (non-hydrogen) atoms. The summed E-state index contributed by atoms with van der Waals surface area (Å²) in [4.78, 5) is 0. The molecule has 4 heteroatoms. The zero-order valence-electron chi connectivity index (χ0n) is 12.2. The summed E-state index contributed by atoms with van der Waals surface area (Å²) in [6.45, 7) is 0.121. The predicted molar refractivity (Wildman–Crippen MR) is 80.0 cm³/mol. The van der Waals surface area contributed by atoms with Crippen molar-refractivity contribution in [3.63, 3.8) is 0 Å². The van der Waals surface area contributed by atoms with Gasteiger partial charge in [-0.05, 0) is 43.7 Å². The maximum absolute atomic E-state index is 9.51. The summed E-state index contributed by atoms with van der Waals surface area (Å²) in [7, 11) is 0. The standard InChI is InChI=1S/C17H22N2O2/c18-12-17(19-14-5-6-14)9-7-15(11-17)21-16-4-2-1-3-13(16)8-10-20/h1-4,14-15,19-20H,5-11H2. The van der Waals surface area contributed by atoms with Gasteiger partial charge in [0.25, 0.3) is 0 Å². The Balaban J connectivity index is 1.65. The number of aliphatic hydroxyl groups excluding tert-OH is 1. The second kappa shape index (κ2) is 6.05. The van der Waals surface area contributed by atoms with Crippen molar-refractivity contribution in [1.82, 2.24) is 5.32 Å². The van der Waals surface area contributed by atoms with Crippen molar-refractivity contribution in [3.05, 3.63) is 29.8 Å². The molecule has 0 radical (unpaired) electrons. The number of rotatable bonds is 6. The van der Waals surface area contributed by atoms with E-state index in [0.29, 0.717) is 12.5 Å². The molecule has 0 heterocycles. The first kappa shape index (κ1) is 14.4. The first-order chi connectivity index (χ1) is 10.2. The first-order valence-corrected chi connectivity index (χ1v) is 7.79. The van der Waals surface area contributed by atoms with Gasteiger partial charge in [-0.2, -0.15) is 5.26 Å². The summed E-state index contributed by atoms with van der Waals surface area (Å²) in [6, 6.07) is 10.9. The summed E-state index contributed by atoms with van der Waals surface area (Å²) in [6.07, 6.45) is 5.56. The van der Waals surface area contributed by atoms with Crippen LogP contribution in [0.5, 0.6) is 5.75 Å². The van der Waals surface area contributed by atoms with Crippen LogP contribution in [0.2, 0.25) is 0 Å². The van der Waals surface area contributed by atoms with E-state index in [9.17, 15) is 5.26 Å². The number of para-hydroxylation sites is 1. The molecule has 2 unspecified atom stereocenters. The van der Waals surface area contributed by atoms with Crippen molar-refractivity contribution in [3.8, 4) is 11.8 Å². The van der Waals surface area contributed by atoms with Crippen LogP contribution in [-0.4, -0.2) is 29.4 Å². The van der Waals surface area contributed by atoms with Crippen LogP contribution in [0.4, 0.5) is 0 Å². The third-order valence-corrected chi connectivity index (χ3v) is 4.39. The van der Waals surface area contributed by atoms with Crippen LogP contribution < -0.4 is 10.1 Å². The molecule has 4 nitrogen and oxygen atoms in total. The topological polar surface area (TPSA) is 65.3 Å². The van der Waals surface area contributed by atoms with Gasteiger partial charge in [0, 0.05) is 19.1 Å². The van der Waals surface area contributed by atoms with Crippen LogP contribution in [0.25, 0.3) is 0 Å². The second-order valence-corrected chi connectivity index (χ2v) is 6.18. The van der Waals surface area contributed by atoms with Crippen molar-refractivity contribution >= 4 is 0 Å². The van der Waals surface area contributed by atoms with Gasteiger partial charge in [-0.1, -0.05) is 18.2 Å². The number of nitrogens with one attached hydrogen (secondary N) is 1. The normalized spacial score (nSPS) is 28.3. The smallest absolute Gasteiger partial charge is 0.122 e. The zero-order chi connectivity index (χ0) is 14.7. The number of hydrogen-bond donors (Lipinski definition) is 2. The minimum absolute atomic E-state index is 0.0794. The third-order valence-electron chi connectivity index (χ3n) is 4.39. The number of nitriles is 1. The van der Waals surface area contributed by atoms with E-state index in [1.54, 1.807) is 0 Å². The van der Waals surface area contributed by atoms with Gasteiger partial charge in [-0.3, -0.25) is 5.32 Å². The predicted octanol–water partition coefficient (Wildman–Crippen LogP) is 2.17. The highest BCUT2D eigenvalue weighted by molar-refractivity contribution is 5.34. The number of nitrogens with zero attached hydrogens (tertiary/aromatic N) is 1. The van der Waals surface area contributed by atoms with Crippen LogP contribution in [0, 0.1) is 11.3 Å².